The summed E-state index contributed by atoms with van der Waals surface area (Å²) < 4.78 is 0. The molecule has 110 valence electrons. The van der Waals surface area contributed by atoms with Crippen molar-refractivity contribution in [1.82, 2.24) is 4.98 Å². The molecule has 0 saturated heterocycles. The first-order valence-electron chi connectivity index (χ1n) is 7.61. The summed E-state index contributed by atoms with van der Waals surface area (Å²) in [5.74, 6) is 0.380. The normalized spacial score (nSPS) is 16.0. The summed E-state index contributed by atoms with van der Waals surface area (Å²) in [6.45, 7) is 0.875. The minimum absolute atomic E-state index is 0.0971. The molecule has 0 unspecified atom stereocenters. The van der Waals surface area contributed by atoms with Crippen molar-refractivity contribution in [2.24, 2.45) is 5.92 Å². The van der Waals surface area contributed by atoms with Gasteiger partial charge in [0.1, 0.15) is 5.82 Å². The molecule has 2 aromatic rings. The number of aromatic nitrogens is 1. The number of fused-ring (bicyclic) bond motifs is 1. The fraction of sp³-hybridized carbons (Fsp3) is 0.412. The number of carboxylic acid groups (broad SMARTS) is 1. The average Bonchev–Trinajstić information content (AvgIpc) is 2.53. The van der Waals surface area contributed by atoms with E-state index in [1.807, 2.05) is 24.3 Å². The monoisotopic (exact) mass is 284 g/mol. The fourth-order valence-corrected chi connectivity index (χ4v) is 3.08. The highest BCUT2D eigenvalue weighted by Crippen LogP contribution is 2.26. The second-order valence-corrected chi connectivity index (χ2v) is 5.77. The van der Waals surface area contributed by atoms with E-state index in [0.717, 1.165) is 17.3 Å². The van der Waals surface area contributed by atoms with Crippen LogP contribution in [0.15, 0.2) is 30.3 Å². The summed E-state index contributed by atoms with van der Waals surface area (Å²) in [4.78, 5) is 15.5. The first-order valence-corrected chi connectivity index (χ1v) is 7.61. The molecule has 1 aliphatic carbocycles. The van der Waals surface area contributed by atoms with Gasteiger partial charge in [-0.2, -0.15) is 0 Å². The minimum atomic E-state index is -0.985. The zero-order chi connectivity index (χ0) is 14.7. The van der Waals surface area contributed by atoms with Gasteiger partial charge in [0.15, 0.2) is 5.69 Å². The van der Waals surface area contributed by atoms with Crippen LogP contribution in [0.1, 0.15) is 42.6 Å². The first kappa shape index (κ1) is 13.9. The van der Waals surface area contributed by atoms with E-state index in [1.54, 1.807) is 6.07 Å². The smallest absolute Gasteiger partial charge is 0.354 e. The van der Waals surface area contributed by atoms with Crippen LogP contribution in [0.5, 0.6) is 0 Å². The van der Waals surface area contributed by atoms with Crippen LogP contribution in [0, 0.1) is 5.92 Å². The van der Waals surface area contributed by atoms with Gasteiger partial charge in [0.2, 0.25) is 0 Å². The molecule has 1 heterocycles. The maximum absolute atomic E-state index is 11.2. The average molecular weight is 284 g/mol. The highest BCUT2D eigenvalue weighted by molar-refractivity contribution is 5.97. The molecule has 0 atom stereocenters. The molecule has 1 aliphatic rings. The molecule has 0 aliphatic heterocycles. The standard InChI is InChI=1S/C17H20N2O2/c20-17(21)15-10-13-8-4-5-9-14(13)16(19-15)18-11-12-6-2-1-3-7-12/h4-5,8-10,12H,1-3,6-7,11H2,(H,18,19)(H,20,21). The van der Waals surface area contributed by atoms with Crippen LogP contribution < -0.4 is 5.32 Å². The van der Waals surface area contributed by atoms with Gasteiger partial charge in [0.05, 0.1) is 0 Å². The number of anilines is 1. The predicted octanol–water partition coefficient (Wildman–Crippen LogP) is 3.93. The number of carbonyl (C=O) groups is 1. The van der Waals surface area contributed by atoms with Gasteiger partial charge in [-0.3, -0.25) is 0 Å². The van der Waals surface area contributed by atoms with E-state index in [0.29, 0.717) is 11.7 Å². The fourth-order valence-electron chi connectivity index (χ4n) is 3.08. The Bertz CT molecular complexity index is 648. The third kappa shape index (κ3) is 3.15. The number of benzene rings is 1. The molecule has 1 saturated carbocycles. The number of hydrogen-bond acceptors (Lipinski definition) is 3. The van der Waals surface area contributed by atoms with Gasteiger partial charge in [-0.15, -0.1) is 0 Å². The van der Waals surface area contributed by atoms with E-state index >= 15 is 0 Å². The molecule has 1 fully saturated rings. The summed E-state index contributed by atoms with van der Waals surface area (Å²) >= 11 is 0. The molecule has 4 heteroatoms. The minimum Gasteiger partial charge on any atom is -0.477 e. The molecule has 1 aromatic carbocycles. The highest BCUT2D eigenvalue weighted by atomic mass is 16.4. The molecule has 0 radical (unpaired) electrons. The Labute approximate surface area is 124 Å². The van der Waals surface area contributed by atoms with Gasteiger partial charge in [0, 0.05) is 11.9 Å². The summed E-state index contributed by atoms with van der Waals surface area (Å²) in [6.07, 6.45) is 6.45. The second-order valence-electron chi connectivity index (χ2n) is 5.77. The lowest BCUT2D eigenvalue weighted by atomic mass is 9.89. The van der Waals surface area contributed by atoms with E-state index in [1.165, 1.54) is 32.1 Å². The molecular formula is C17H20N2O2. The van der Waals surface area contributed by atoms with Crippen molar-refractivity contribution >= 4 is 22.6 Å². The van der Waals surface area contributed by atoms with Crippen molar-refractivity contribution in [3.63, 3.8) is 0 Å². The van der Waals surface area contributed by atoms with Gasteiger partial charge >= 0.3 is 5.97 Å². The van der Waals surface area contributed by atoms with Crippen molar-refractivity contribution in [1.29, 1.82) is 0 Å². The molecule has 21 heavy (non-hydrogen) atoms. The first-order chi connectivity index (χ1) is 10.2. The Morgan fingerprint density at radius 3 is 2.76 bits per heavy atom. The SMILES string of the molecule is O=C(O)c1cc2ccccc2c(NCC2CCCCC2)n1. The summed E-state index contributed by atoms with van der Waals surface area (Å²) in [5, 5.41) is 14.5. The highest BCUT2D eigenvalue weighted by Gasteiger charge is 2.15. The predicted molar refractivity (Wildman–Crippen MR) is 83.8 cm³/mol. The Kier molecular flexibility index (Phi) is 4.04. The zero-order valence-corrected chi connectivity index (χ0v) is 12.0. The van der Waals surface area contributed by atoms with Crippen LogP contribution in [0.3, 0.4) is 0 Å². The van der Waals surface area contributed by atoms with E-state index in [4.69, 9.17) is 0 Å². The van der Waals surface area contributed by atoms with Crippen LogP contribution in [0.2, 0.25) is 0 Å². The lowest BCUT2D eigenvalue weighted by molar-refractivity contribution is 0.0691. The van der Waals surface area contributed by atoms with Gasteiger partial charge in [-0.25, -0.2) is 9.78 Å². The van der Waals surface area contributed by atoms with Gasteiger partial charge in [0.25, 0.3) is 0 Å². The van der Waals surface area contributed by atoms with Crippen molar-refractivity contribution < 1.29 is 9.90 Å². The molecule has 0 bridgehead atoms. The molecule has 0 spiro atoms. The molecule has 2 N–H and O–H groups in total. The Hall–Kier alpha value is -2.10. The third-order valence-electron chi connectivity index (χ3n) is 4.24. The van der Waals surface area contributed by atoms with Crippen molar-refractivity contribution in [3.05, 3.63) is 36.0 Å². The topological polar surface area (TPSA) is 62.2 Å². The molecule has 4 nitrogen and oxygen atoms in total. The largest absolute Gasteiger partial charge is 0.477 e. The van der Waals surface area contributed by atoms with E-state index in [9.17, 15) is 9.90 Å². The zero-order valence-electron chi connectivity index (χ0n) is 12.0. The quantitative estimate of drug-likeness (QED) is 0.893. The van der Waals surface area contributed by atoms with E-state index in [2.05, 4.69) is 10.3 Å². The number of pyridine rings is 1. The van der Waals surface area contributed by atoms with Crippen LogP contribution >= 0.6 is 0 Å². The van der Waals surface area contributed by atoms with Crippen LogP contribution in [-0.4, -0.2) is 22.6 Å². The van der Waals surface area contributed by atoms with Crippen LogP contribution in [-0.2, 0) is 0 Å². The number of hydrogen-bond donors (Lipinski definition) is 2. The van der Waals surface area contributed by atoms with E-state index in [-0.39, 0.29) is 5.69 Å². The summed E-state index contributed by atoms with van der Waals surface area (Å²) in [7, 11) is 0. The number of rotatable bonds is 4. The van der Waals surface area contributed by atoms with Crippen molar-refractivity contribution in [2.75, 3.05) is 11.9 Å². The molecule has 0 amide bonds. The Morgan fingerprint density at radius 2 is 2.00 bits per heavy atom. The maximum atomic E-state index is 11.2. The van der Waals surface area contributed by atoms with Crippen molar-refractivity contribution in [3.8, 4) is 0 Å². The third-order valence-corrected chi connectivity index (χ3v) is 4.24. The summed E-state index contributed by atoms with van der Waals surface area (Å²) in [5.41, 5.74) is 0.0971. The Balaban J connectivity index is 1.86. The Morgan fingerprint density at radius 1 is 1.24 bits per heavy atom. The summed E-state index contributed by atoms with van der Waals surface area (Å²) in [6, 6.07) is 9.41. The molecule has 3 rings (SSSR count). The molecular weight excluding hydrogens is 264 g/mol. The van der Waals surface area contributed by atoms with Crippen molar-refractivity contribution in [2.45, 2.75) is 32.1 Å². The van der Waals surface area contributed by atoms with Gasteiger partial charge < -0.3 is 10.4 Å². The number of aromatic carboxylic acids is 1. The van der Waals surface area contributed by atoms with Gasteiger partial charge in [-0.1, -0.05) is 43.5 Å². The maximum Gasteiger partial charge on any atom is 0.354 e. The number of nitrogens with one attached hydrogen (secondary N) is 1. The van der Waals surface area contributed by atoms with Crippen LogP contribution in [0.25, 0.3) is 10.8 Å². The second kappa shape index (κ2) is 6.12. The van der Waals surface area contributed by atoms with E-state index < -0.39 is 5.97 Å². The van der Waals surface area contributed by atoms with Gasteiger partial charge in [-0.05, 0) is 30.2 Å². The lowest BCUT2D eigenvalue weighted by Gasteiger charge is -2.22. The number of carboxylic acids is 1. The van der Waals surface area contributed by atoms with Crippen LogP contribution in [0.4, 0.5) is 5.82 Å². The number of nitrogens with zero attached hydrogens (tertiary/aromatic N) is 1. The molecule has 1 aromatic heterocycles. The lowest BCUT2D eigenvalue weighted by Crippen LogP contribution is -2.18.